The molecule has 1 unspecified atom stereocenters. The van der Waals surface area contributed by atoms with Crippen molar-refractivity contribution in [1.29, 1.82) is 0 Å². The molecular formula is C26H24N2O5S. The van der Waals surface area contributed by atoms with Crippen LogP contribution in [0.15, 0.2) is 89.8 Å². The van der Waals surface area contributed by atoms with Crippen LogP contribution in [0.2, 0.25) is 0 Å². The number of fused-ring (bicyclic) bond motifs is 2. The molecule has 0 radical (unpaired) electrons. The van der Waals surface area contributed by atoms with E-state index in [4.69, 9.17) is 4.74 Å². The molecule has 8 heteroatoms. The zero-order chi connectivity index (χ0) is 24.1. The van der Waals surface area contributed by atoms with E-state index in [0.29, 0.717) is 5.69 Å². The number of hydrogen-bond acceptors (Lipinski definition) is 5. The number of hydrogen-bond donors (Lipinski definition) is 2. The van der Waals surface area contributed by atoms with E-state index in [9.17, 15) is 18.0 Å². The molecule has 174 valence electrons. The van der Waals surface area contributed by atoms with E-state index in [1.807, 2.05) is 60.7 Å². The molecule has 0 aliphatic carbocycles. The van der Waals surface area contributed by atoms with E-state index in [0.717, 1.165) is 21.5 Å². The summed E-state index contributed by atoms with van der Waals surface area (Å²) >= 11 is 0. The summed E-state index contributed by atoms with van der Waals surface area (Å²) in [6.45, 7) is 1.32. The number of ether oxygens (including phenoxy) is 1. The second kappa shape index (κ2) is 10.0. The number of esters is 1. The van der Waals surface area contributed by atoms with Crippen LogP contribution in [0.3, 0.4) is 0 Å². The van der Waals surface area contributed by atoms with Crippen LogP contribution >= 0.6 is 0 Å². The molecule has 0 heterocycles. The Labute approximate surface area is 197 Å². The number of amides is 1. The predicted octanol–water partition coefficient (Wildman–Crippen LogP) is 4.23. The molecular weight excluding hydrogens is 452 g/mol. The first-order valence-corrected chi connectivity index (χ1v) is 12.3. The Morgan fingerprint density at radius 3 is 2.32 bits per heavy atom. The van der Waals surface area contributed by atoms with E-state index in [2.05, 4.69) is 10.0 Å². The molecule has 0 aromatic heterocycles. The largest absolute Gasteiger partial charge is 0.452 e. The van der Waals surface area contributed by atoms with Gasteiger partial charge in [0, 0.05) is 17.6 Å². The van der Waals surface area contributed by atoms with Crippen molar-refractivity contribution in [3.63, 3.8) is 0 Å². The van der Waals surface area contributed by atoms with Crippen LogP contribution in [0.4, 0.5) is 5.69 Å². The molecule has 4 rings (SSSR count). The maximum atomic E-state index is 12.6. The molecule has 0 fully saturated rings. The molecule has 0 saturated heterocycles. The van der Waals surface area contributed by atoms with Gasteiger partial charge in [0.05, 0.1) is 11.3 Å². The second-order valence-corrected chi connectivity index (χ2v) is 9.57. The van der Waals surface area contributed by atoms with Crippen LogP contribution in [0.5, 0.6) is 0 Å². The van der Waals surface area contributed by atoms with Crippen molar-refractivity contribution in [3.05, 3.63) is 84.9 Å². The number of carbonyl (C=O) groups excluding carboxylic acids is 2. The van der Waals surface area contributed by atoms with Gasteiger partial charge in [-0.3, -0.25) is 9.59 Å². The van der Waals surface area contributed by atoms with Crippen molar-refractivity contribution in [1.82, 2.24) is 4.72 Å². The van der Waals surface area contributed by atoms with Crippen LogP contribution in [-0.2, 0) is 24.3 Å². The van der Waals surface area contributed by atoms with Crippen molar-refractivity contribution < 1.29 is 22.7 Å². The summed E-state index contributed by atoms with van der Waals surface area (Å²) in [6, 6.07) is 25.4. The molecule has 0 bridgehead atoms. The highest BCUT2D eigenvalue weighted by atomic mass is 32.2. The van der Waals surface area contributed by atoms with E-state index >= 15 is 0 Å². The van der Waals surface area contributed by atoms with Gasteiger partial charge in [0.25, 0.3) is 5.91 Å². The van der Waals surface area contributed by atoms with Gasteiger partial charge in [-0.2, -0.15) is 0 Å². The second-order valence-electron chi connectivity index (χ2n) is 7.80. The summed E-state index contributed by atoms with van der Waals surface area (Å²) in [6.07, 6.45) is -1.25. The molecule has 4 aromatic rings. The minimum atomic E-state index is -3.79. The Hall–Kier alpha value is -3.75. The Kier molecular flexibility index (Phi) is 6.90. The lowest BCUT2D eigenvalue weighted by Crippen LogP contribution is -2.32. The van der Waals surface area contributed by atoms with Gasteiger partial charge in [0.2, 0.25) is 10.0 Å². The Morgan fingerprint density at radius 2 is 1.53 bits per heavy atom. The summed E-state index contributed by atoms with van der Waals surface area (Å²) in [7, 11) is -3.79. The standard InChI is InChI=1S/C26H24N2O5S/c1-18(26(30)28-24-12-6-10-20-8-4-5-11-23(20)24)33-25(29)15-16-27-34(31,32)22-14-13-19-7-2-3-9-21(19)17-22/h2-14,17-18,27H,15-16H2,1H3,(H,28,30). The van der Waals surface area contributed by atoms with Crippen LogP contribution in [0.1, 0.15) is 13.3 Å². The molecule has 1 atom stereocenters. The highest BCUT2D eigenvalue weighted by molar-refractivity contribution is 7.89. The van der Waals surface area contributed by atoms with Crippen LogP contribution in [-0.4, -0.2) is 32.9 Å². The number of carbonyl (C=O) groups is 2. The fourth-order valence-electron chi connectivity index (χ4n) is 3.58. The van der Waals surface area contributed by atoms with E-state index in [1.165, 1.54) is 13.0 Å². The third-order valence-electron chi connectivity index (χ3n) is 5.38. The number of nitrogens with one attached hydrogen (secondary N) is 2. The first kappa shape index (κ1) is 23.4. The zero-order valence-corrected chi connectivity index (χ0v) is 19.3. The third-order valence-corrected chi connectivity index (χ3v) is 6.84. The molecule has 0 aliphatic rings. The quantitative estimate of drug-likeness (QED) is 0.371. The molecule has 0 spiro atoms. The van der Waals surface area contributed by atoms with Gasteiger partial charge in [-0.05, 0) is 41.3 Å². The minimum Gasteiger partial charge on any atom is -0.452 e. The van der Waals surface area contributed by atoms with Crippen LogP contribution < -0.4 is 10.0 Å². The normalized spacial score (nSPS) is 12.4. The highest BCUT2D eigenvalue weighted by Gasteiger charge is 2.20. The maximum absolute atomic E-state index is 12.6. The van der Waals surface area contributed by atoms with Gasteiger partial charge in [-0.25, -0.2) is 13.1 Å². The summed E-state index contributed by atoms with van der Waals surface area (Å²) in [5, 5.41) is 6.36. The first-order valence-electron chi connectivity index (χ1n) is 10.8. The van der Waals surface area contributed by atoms with E-state index in [1.54, 1.807) is 18.2 Å². The topological polar surface area (TPSA) is 102 Å². The van der Waals surface area contributed by atoms with Crippen molar-refractivity contribution in [3.8, 4) is 0 Å². The van der Waals surface area contributed by atoms with Gasteiger partial charge in [0.15, 0.2) is 6.10 Å². The number of anilines is 1. The Morgan fingerprint density at radius 1 is 0.853 bits per heavy atom. The van der Waals surface area contributed by atoms with Crippen molar-refractivity contribution in [2.45, 2.75) is 24.3 Å². The van der Waals surface area contributed by atoms with Gasteiger partial charge >= 0.3 is 5.97 Å². The summed E-state index contributed by atoms with van der Waals surface area (Å²) in [5.41, 5.74) is 0.620. The molecule has 1 amide bonds. The third kappa shape index (κ3) is 5.41. The Balaban J connectivity index is 1.30. The van der Waals surface area contributed by atoms with Crippen LogP contribution in [0.25, 0.3) is 21.5 Å². The Bertz CT molecular complexity index is 1460. The lowest BCUT2D eigenvalue weighted by Gasteiger charge is -2.15. The van der Waals surface area contributed by atoms with Crippen molar-refractivity contribution in [2.24, 2.45) is 0 Å². The van der Waals surface area contributed by atoms with Gasteiger partial charge in [-0.15, -0.1) is 0 Å². The average Bonchev–Trinajstić information content (AvgIpc) is 2.83. The molecule has 2 N–H and O–H groups in total. The first-order chi connectivity index (χ1) is 16.3. The number of benzene rings is 4. The van der Waals surface area contributed by atoms with Gasteiger partial charge in [0.1, 0.15) is 0 Å². The lowest BCUT2D eigenvalue weighted by molar-refractivity contribution is -0.152. The van der Waals surface area contributed by atoms with E-state index in [-0.39, 0.29) is 17.9 Å². The van der Waals surface area contributed by atoms with Crippen molar-refractivity contribution >= 4 is 49.1 Å². The molecule has 0 aliphatic heterocycles. The maximum Gasteiger partial charge on any atom is 0.307 e. The molecule has 34 heavy (non-hydrogen) atoms. The van der Waals surface area contributed by atoms with E-state index < -0.39 is 28.0 Å². The van der Waals surface area contributed by atoms with Crippen LogP contribution in [0, 0.1) is 0 Å². The minimum absolute atomic E-state index is 0.113. The zero-order valence-electron chi connectivity index (χ0n) is 18.5. The fraction of sp³-hybridized carbons (Fsp3) is 0.154. The lowest BCUT2D eigenvalue weighted by atomic mass is 10.1. The number of rotatable bonds is 8. The fourth-order valence-corrected chi connectivity index (χ4v) is 4.65. The summed E-state index contributed by atoms with van der Waals surface area (Å²) < 4.78 is 32.7. The smallest absolute Gasteiger partial charge is 0.307 e. The van der Waals surface area contributed by atoms with Gasteiger partial charge in [-0.1, -0.05) is 66.7 Å². The average molecular weight is 477 g/mol. The highest BCUT2D eigenvalue weighted by Crippen LogP contribution is 2.23. The summed E-state index contributed by atoms with van der Waals surface area (Å²) in [4.78, 5) is 24.8. The predicted molar refractivity (Wildman–Crippen MR) is 132 cm³/mol. The summed E-state index contributed by atoms with van der Waals surface area (Å²) in [5.74, 6) is -1.15. The molecule has 0 saturated carbocycles. The number of sulfonamides is 1. The SMILES string of the molecule is CC(OC(=O)CCNS(=O)(=O)c1ccc2ccccc2c1)C(=O)Nc1cccc2ccccc12. The molecule has 4 aromatic carbocycles. The molecule has 7 nitrogen and oxygen atoms in total. The van der Waals surface area contributed by atoms with Gasteiger partial charge < -0.3 is 10.1 Å². The monoisotopic (exact) mass is 476 g/mol. The van der Waals surface area contributed by atoms with Crippen molar-refractivity contribution in [2.75, 3.05) is 11.9 Å².